The molecule has 0 radical (unpaired) electrons. The molecule has 3 rings (SSSR count). The highest BCUT2D eigenvalue weighted by atomic mass is 16.7. The number of carbonyl (C=O) groups is 1. The van der Waals surface area contributed by atoms with Crippen LogP contribution < -0.4 is 10.2 Å². The molecule has 136 valence electrons. The average molecular weight is 350 g/mol. The van der Waals surface area contributed by atoms with Gasteiger partial charge in [0.1, 0.15) is 11.9 Å². The van der Waals surface area contributed by atoms with Crippen molar-refractivity contribution in [1.82, 2.24) is 10.5 Å². The molecule has 0 amide bonds. The molecule has 4 unspecified atom stereocenters. The number of aldehydes is 1. The van der Waals surface area contributed by atoms with Crippen molar-refractivity contribution >= 4 is 17.2 Å². The zero-order valence-corrected chi connectivity index (χ0v) is 14.4. The van der Waals surface area contributed by atoms with E-state index < -0.39 is 12.5 Å². The van der Waals surface area contributed by atoms with E-state index in [4.69, 9.17) is 23.8 Å². The third-order valence-electron chi connectivity index (χ3n) is 4.20. The molecular formula is C17H22N2O6. The number of fused-ring (bicyclic) bond motifs is 1. The molecule has 0 bridgehead atoms. The van der Waals surface area contributed by atoms with Crippen LogP contribution in [0.4, 0.5) is 0 Å². The first-order valence-corrected chi connectivity index (χ1v) is 7.92. The number of carbonyl (C=O) groups excluding carboxylic acids is 1. The second-order valence-corrected chi connectivity index (χ2v) is 5.73. The van der Waals surface area contributed by atoms with Gasteiger partial charge in [0.25, 0.3) is 0 Å². The van der Waals surface area contributed by atoms with Gasteiger partial charge in [0.05, 0.1) is 18.9 Å². The Bertz CT molecular complexity index is 718. The number of aromatic nitrogens is 1. The fraction of sp³-hybridized carbons (Fsp3) is 0.471. The maximum Gasteiger partial charge on any atom is 0.204 e. The maximum atomic E-state index is 10.9. The lowest BCUT2D eigenvalue weighted by Gasteiger charge is -2.39. The molecule has 1 aromatic heterocycles. The van der Waals surface area contributed by atoms with E-state index in [1.54, 1.807) is 20.3 Å². The number of rotatable bonds is 7. The van der Waals surface area contributed by atoms with Crippen LogP contribution in [-0.4, -0.2) is 57.3 Å². The molecule has 1 fully saturated rings. The number of H-pyrrole nitrogens is 1. The first-order chi connectivity index (χ1) is 12.2. The van der Waals surface area contributed by atoms with Crippen LogP contribution in [0.5, 0.6) is 5.75 Å². The standard InChI is InChI=1S/C17H22N2O6/c1-21-14-8-15(25-17(19-23-3)16(14)22-2)24-12-4-5-13-10(7-12)6-11(9-20)18-13/h4-7,9,14-19H,8H2,1-3H3. The van der Waals surface area contributed by atoms with Crippen LogP contribution in [0.2, 0.25) is 0 Å². The Morgan fingerprint density at radius 3 is 2.76 bits per heavy atom. The predicted molar refractivity (Wildman–Crippen MR) is 89.3 cm³/mol. The van der Waals surface area contributed by atoms with E-state index in [0.717, 1.165) is 17.2 Å². The van der Waals surface area contributed by atoms with Gasteiger partial charge in [-0.15, -0.1) is 0 Å². The Balaban J connectivity index is 1.75. The number of aromatic amines is 1. The zero-order chi connectivity index (χ0) is 17.8. The highest BCUT2D eigenvalue weighted by Gasteiger charge is 2.40. The van der Waals surface area contributed by atoms with Gasteiger partial charge >= 0.3 is 0 Å². The van der Waals surface area contributed by atoms with Gasteiger partial charge in [-0.3, -0.25) is 4.79 Å². The van der Waals surface area contributed by atoms with Crippen LogP contribution in [0.15, 0.2) is 24.3 Å². The summed E-state index contributed by atoms with van der Waals surface area (Å²) in [7, 11) is 4.72. The van der Waals surface area contributed by atoms with E-state index in [2.05, 4.69) is 10.5 Å². The Kier molecular flexibility index (Phi) is 5.67. The molecule has 1 aromatic carbocycles. The van der Waals surface area contributed by atoms with Crippen molar-refractivity contribution in [2.24, 2.45) is 0 Å². The second-order valence-electron chi connectivity index (χ2n) is 5.73. The van der Waals surface area contributed by atoms with Gasteiger partial charge in [0.15, 0.2) is 12.5 Å². The lowest BCUT2D eigenvalue weighted by molar-refractivity contribution is -0.264. The summed E-state index contributed by atoms with van der Waals surface area (Å²) in [5.74, 6) is 0.635. The lowest BCUT2D eigenvalue weighted by atomic mass is 10.1. The van der Waals surface area contributed by atoms with Crippen LogP contribution in [0.3, 0.4) is 0 Å². The number of hydroxylamine groups is 1. The van der Waals surface area contributed by atoms with Gasteiger partial charge in [-0.1, -0.05) is 0 Å². The van der Waals surface area contributed by atoms with E-state index in [9.17, 15) is 4.79 Å². The van der Waals surface area contributed by atoms with Crippen LogP contribution in [0, 0.1) is 0 Å². The summed E-state index contributed by atoms with van der Waals surface area (Å²) in [6.45, 7) is 0. The molecule has 0 saturated carbocycles. The van der Waals surface area contributed by atoms with Gasteiger partial charge in [-0.25, -0.2) is 0 Å². The maximum absolute atomic E-state index is 10.9. The third kappa shape index (κ3) is 3.83. The minimum absolute atomic E-state index is 0.214. The molecule has 25 heavy (non-hydrogen) atoms. The molecule has 2 heterocycles. The second kappa shape index (κ2) is 7.94. The van der Waals surface area contributed by atoms with Crippen LogP contribution in [0.1, 0.15) is 16.9 Å². The van der Waals surface area contributed by atoms with Crippen molar-refractivity contribution in [3.63, 3.8) is 0 Å². The minimum Gasteiger partial charge on any atom is -0.465 e. The van der Waals surface area contributed by atoms with E-state index in [1.165, 1.54) is 7.11 Å². The molecule has 1 aliphatic rings. The van der Waals surface area contributed by atoms with Crippen LogP contribution in [0.25, 0.3) is 10.9 Å². The van der Waals surface area contributed by atoms with E-state index in [0.29, 0.717) is 17.9 Å². The molecule has 1 aliphatic heterocycles. The molecule has 4 atom stereocenters. The molecule has 8 heteroatoms. The van der Waals surface area contributed by atoms with Crippen molar-refractivity contribution in [2.75, 3.05) is 21.3 Å². The summed E-state index contributed by atoms with van der Waals surface area (Å²) in [6.07, 6.45) is -0.329. The van der Waals surface area contributed by atoms with Crippen molar-refractivity contribution in [2.45, 2.75) is 31.1 Å². The van der Waals surface area contributed by atoms with Crippen molar-refractivity contribution in [3.8, 4) is 5.75 Å². The monoisotopic (exact) mass is 350 g/mol. The first-order valence-electron chi connectivity index (χ1n) is 7.92. The predicted octanol–water partition coefficient (Wildman–Crippen LogP) is 1.61. The topological polar surface area (TPSA) is 91.0 Å². The van der Waals surface area contributed by atoms with Crippen molar-refractivity contribution in [3.05, 3.63) is 30.0 Å². The van der Waals surface area contributed by atoms with Crippen LogP contribution >= 0.6 is 0 Å². The number of methoxy groups -OCH3 is 2. The third-order valence-corrected chi connectivity index (χ3v) is 4.20. The largest absolute Gasteiger partial charge is 0.465 e. The van der Waals surface area contributed by atoms with Gasteiger partial charge < -0.3 is 28.8 Å². The van der Waals surface area contributed by atoms with Gasteiger partial charge in [-0.2, -0.15) is 5.48 Å². The van der Waals surface area contributed by atoms with Gasteiger partial charge in [0, 0.05) is 31.5 Å². The summed E-state index contributed by atoms with van der Waals surface area (Å²) in [4.78, 5) is 18.9. The fourth-order valence-corrected chi connectivity index (χ4v) is 3.03. The molecule has 8 nitrogen and oxygen atoms in total. The van der Waals surface area contributed by atoms with Gasteiger partial charge in [-0.05, 0) is 24.3 Å². The Hall–Kier alpha value is -1.97. The molecular weight excluding hydrogens is 328 g/mol. The van der Waals surface area contributed by atoms with Crippen molar-refractivity contribution in [1.29, 1.82) is 0 Å². The van der Waals surface area contributed by atoms with E-state index in [1.807, 2.05) is 18.2 Å². The Labute approximate surface area is 145 Å². The quantitative estimate of drug-likeness (QED) is 0.579. The molecule has 0 aliphatic carbocycles. The number of nitrogens with one attached hydrogen (secondary N) is 2. The first kappa shape index (κ1) is 17.8. The van der Waals surface area contributed by atoms with E-state index >= 15 is 0 Å². The molecule has 1 saturated heterocycles. The summed E-state index contributed by atoms with van der Waals surface area (Å²) in [5, 5.41) is 0.889. The highest BCUT2D eigenvalue weighted by Crippen LogP contribution is 2.28. The summed E-state index contributed by atoms with van der Waals surface area (Å²) in [6, 6.07) is 7.30. The highest BCUT2D eigenvalue weighted by molar-refractivity contribution is 5.88. The summed E-state index contributed by atoms with van der Waals surface area (Å²) in [5.41, 5.74) is 4.14. The Morgan fingerprint density at radius 2 is 2.08 bits per heavy atom. The van der Waals surface area contributed by atoms with Crippen LogP contribution in [-0.2, 0) is 19.0 Å². The smallest absolute Gasteiger partial charge is 0.204 e. The molecule has 2 N–H and O–H groups in total. The average Bonchev–Trinajstić information content (AvgIpc) is 3.04. The number of benzene rings is 1. The number of ether oxygens (including phenoxy) is 4. The lowest BCUT2D eigenvalue weighted by Crippen LogP contribution is -2.56. The number of hydrogen-bond acceptors (Lipinski definition) is 7. The SMILES string of the molecule is CONC1OC(Oc2ccc3[nH]c(C=O)cc3c2)CC(OC)C1OC. The fourth-order valence-electron chi connectivity index (χ4n) is 3.03. The molecule has 2 aromatic rings. The minimum atomic E-state index is -0.536. The van der Waals surface area contributed by atoms with E-state index in [-0.39, 0.29) is 12.2 Å². The molecule has 0 spiro atoms. The summed E-state index contributed by atoms with van der Waals surface area (Å²) >= 11 is 0. The van der Waals surface area contributed by atoms with Crippen molar-refractivity contribution < 1.29 is 28.6 Å². The Morgan fingerprint density at radius 1 is 1.24 bits per heavy atom. The summed E-state index contributed by atoms with van der Waals surface area (Å²) < 4.78 is 22.8. The zero-order valence-electron chi connectivity index (χ0n) is 14.4. The normalized spacial score (nSPS) is 26.7. The number of hydrogen-bond donors (Lipinski definition) is 2. The van der Waals surface area contributed by atoms with Gasteiger partial charge in [0.2, 0.25) is 6.29 Å².